The normalized spacial score (nSPS) is 21.4. The number of carbonyl (C=O) groups is 2. The fourth-order valence-electron chi connectivity index (χ4n) is 2.71. The number of likely N-dealkylation sites (tertiary alicyclic amines) is 1. The van der Waals surface area contributed by atoms with Gasteiger partial charge < -0.3 is 10.2 Å². The van der Waals surface area contributed by atoms with Crippen LogP contribution in [0.15, 0.2) is 24.3 Å². The zero-order valence-electron chi connectivity index (χ0n) is 11.8. The van der Waals surface area contributed by atoms with E-state index in [1.165, 1.54) is 0 Å². The second-order valence-electron chi connectivity index (χ2n) is 5.77. The Bertz CT molecular complexity index is 540. The second-order valence-corrected chi connectivity index (χ2v) is 6.04. The molecule has 0 aromatic heterocycles. The summed E-state index contributed by atoms with van der Waals surface area (Å²) >= 11 is 5.76. The summed E-state index contributed by atoms with van der Waals surface area (Å²) in [4.78, 5) is 26.5. The Morgan fingerprint density at radius 2 is 1.90 bits per heavy atom. The lowest BCUT2D eigenvalue weighted by Crippen LogP contribution is -2.46. The van der Waals surface area contributed by atoms with Crippen molar-refractivity contribution in [3.05, 3.63) is 35.4 Å². The highest BCUT2D eigenvalue weighted by Gasteiger charge is 2.36. The molecule has 0 bridgehead atoms. The van der Waals surface area contributed by atoms with Gasteiger partial charge in [0, 0.05) is 24.0 Å². The molecule has 1 aromatic carbocycles. The van der Waals surface area contributed by atoms with Crippen LogP contribution in [0.25, 0.3) is 0 Å². The Morgan fingerprint density at radius 1 is 1.19 bits per heavy atom. The van der Waals surface area contributed by atoms with Crippen molar-refractivity contribution in [1.29, 1.82) is 0 Å². The van der Waals surface area contributed by atoms with Gasteiger partial charge in [0.2, 0.25) is 5.91 Å². The molecule has 1 saturated heterocycles. The van der Waals surface area contributed by atoms with Gasteiger partial charge in [0.05, 0.1) is 0 Å². The fourth-order valence-corrected chi connectivity index (χ4v) is 2.89. The number of alkyl halides is 1. The SMILES string of the molecule is O=C(NC1CC1)C1CCCN1C(=O)c1ccc(CCl)cc1. The molecule has 1 aliphatic heterocycles. The van der Waals surface area contributed by atoms with Crippen molar-refractivity contribution < 1.29 is 9.59 Å². The minimum Gasteiger partial charge on any atom is -0.352 e. The number of rotatable bonds is 4. The molecule has 2 aliphatic rings. The third kappa shape index (κ3) is 3.21. The molecule has 112 valence electrons. The Morgan fingerprint density at radius 3 is 2.52 bits per heavy atom. The molecule has 1 heterocycles. The van der Waals surface area contributed by atoms with E-state index in [1.807, 2.05) is 12.1 Å². The third-order valence-corrected chi connectivity index (χ3v) is 4.40. The second kappa shape index (κ2) is 6.06. The molecule has 2 fully saturated rings. The highest BCUT2D eigenvalue weighted by atomic mass is 35.5. The maximum Gasteiger partial charge on any atom is 0.254 e. The molecule has 2 amide bonds. The van der Waals surface area contributed by atoms with Crippen molar-refractivity contribution in [3.8, 4) is 0 Å². The van der Waals surface area contributed by atoms with Crippen molar-refractivity contribution in [1.82, 2.24) is 10.2 Å². The summed E-state index contributed by atoms with van der Waals surface area (Å²) < 4.78 is 0. The minimum atomic E-state index is -0.314. The van der Waals surface area contributed by atoms with E-state index in [0.717, 1.165) is 31.2 Å². The van der Waals surface area contributed by atoms with E-state index < -0.39 is 0 Å². The first-order chi connectivity index (χ1) is 10.2. The molecule has 1 N–H and O–H groups in total. The van der Waals surface area contributed by atoms with Gasteiger partial charge in [0.1, 0.15) is 6.04 Å². The molecule has 1 aliphatic carbocycles. The van der Waals surface area contributed by atoms with Crippen LogP contribution in [0.4, 0.5) is 0 Å². The molecule has 4 nitrogen and oxygen atoms in total. The van der Waals surface area contributed by atoms with Gasteiger partial charge in [-0.2, -0.15) is 0 Å². The zero-order chi connectivity index (χ0) is 14.8. The van der Waals surface area contributed by atoms with E-state index in [0.29, 0.717) is 24.0 Å². The summed E-state index contributed by atoms with van der Waals surface area (Å²) in [6.45, 7) is 0.652. The topological polar surface area (TPSA) is 49.4 Å². The molecule has 0 spiro atoms. The summed E-state index contributed by atoms with van der Waals surface area (Å²) in [5, 5.41) is 3.00. The fraction of sp³-hybridized carbons (Fsp3) is 0.500. The standard InChI is InChI=1S/C16H19ClN2O2/c17-10-11-3-5-12(6-4-11)16(21)19-9-1-2-14(19)15(20)18-13-7-8-13/h3-6,13-14H,1-2,7-10H2,(H,18,20). The molecular formula is C16H19ClN2O2. The number of carbonyl (C=O) groups excluding carboxylic acids is 2. The molecule has 5 heteroatoms. The number of amides is 2. The van der Waals surface area contributed by atoms with E-state index in [1.54, 1.807) is 17.0 Å². The number of hydrogen-bond acceptors (Lipinski definition) is 2. The predicted molar refractivity (Wildman–Crippen MR) is 81.2 cm³/mol. The lowest BCUT2D eigenvalue weighted by Gasteiger charge is -2.24. The van der Waals surface area contributed by atoms with Crippen LogP contribution in [0.2, 0.25) is 0 Å². The minimum absolute atomic E-state index is 0.000674. The highest BCUT2D eigenvalue weighted by molar-refractivity contribution is 6.17. The van der Waals surface area contributed by atoms with Crippen LogP contribution in [0, 0.1) is 0 Å². The smallest absolute Gasteiger partial charge is 0.254 e. The molecular weight excluding hydrogens is 288 g/mol. The molecule has 1 unspecified atom stereocenters. The number of hydrogen-bond donors (Lipinski definition) is 1. The van der Waals surface area contributed by atoms with Gasteiger partial charge in [-0.3, -0.25) is 9.59 Å². The van der Waals surface area contributed by atoms with E-state index in [9.17, 15) is 9.59 Å². The number of nitrogens with zero attached hydrogens (tertiary/aromatic N) is 1. The summed E-state index contributed by atoms with van der Waals surface area (Å²) in [5.74, 6) is 0.371. The lowest BCUT2D eigenvalue weighted by molar-refractivity contribution is -0.125. The number of halogens is 1. The summed E-state index contributed by atoms with van der Waals surface area (Å²) in [5.41, 5.74) is 1.60. The predicted octanol–water partition coefficient (Wildman–Crippen LogP) is 2.31. The van der Waals surface area contributed by atoms with Gasteiger partial charge in [-0.05, 0) is 43.4 Å². The first-order valence-electron chi connectivity index (χ1n) is 7.45. The molecule has 0 radical (unpaired) electrons. The molecule has 1 atom stereocenters. The maximum absolute atomic E-state index is 12.6. The van der Waals surface area contributed by atoms with E-state index in [-0.39, 0.29) is 17.9 Å². The third-order valence-electron chi connectivity index (χ3n) is 4.10. The average molecular weight is 307 g/mol. The van der Waals surface area contributed by atoms with E-state index in [4.69, 9.17) is 11.6 Å². The number of benzene rings is 1. The molecule has 21 heavy (non-hydrogen) atoms. The Kier molecular flexibility index (Phi) is 4.15. The first kappa shape index (κ1) is 14.4. The van der Waals surface area contributed by atoms with Gasteiger partial charge >= 0.3 is 0 Å². The Hall–Kier alpha value is -1.55. The van der Waals surface area contributed by atoms with Crippen molar-refractivity contribution >= 4 is 23.4 Å². The van der Waals surface area contributed by atoms with Crippen molar-refractivity contribution in [2.75, 3.05) is 6.54 Å². The van der Waals surface area contributed by atoms with Crippen LogP contribution in [0.3, 0.4) is 0 Å². The maximum atomic E-state index is 12.6. The van der Waals surface area contributed by atoms with Gasteiger partial charge in [0.15, 0.2) is 0 Å². The average Bonchev–Trinajstić information content (AvgIpc) is 3.18. The summed E-state index contributed by atoms with van der Waals surface area (Å²) in [6, 6.07) is 7.30. The van der Waals surface area contributed by atoms with Gasteiger partial charge in [-0.15, -0.1) is 11.6 Å². The lowest BCUT2D eigenvalue weighted by atomic mass is 10.1. The van der Waals surface area contributed by atoms with Crippen LogP contribution in [-0.2, 0) is 10.7 Å². The van der Waals surface area contributed by atoms with Crippen LogP contribution in [-0.4, -0.2) is 35.3 Å². The van der Waals surface area contributed by atoms with Crippen LogP contribution in [0.5, 0.6) is 0 Å². The van der Waals surface area contributed by atoms with Crippen molar-refractivity contribution in [3.63, 3.8) is 0 Å². The summed E-state index contributed by atoms with van der Waals surface area (Å²) in [7, 11) is 0. The summed E-state index contributed by atoms with van der Waals surface area (Å²) in [6.07, 6.45) is 3.76. The highest BCUT2D eigenvalue weighted by Crippen LogP contribution is 2.24. The van der Waals surface area contributed by atoms with E-state index in [2.05, 4.69) is 5.32 Å². The monoisotopic (exact) mass is 306 g/mol. The molecule has 1 aromatic rings. The van der Waals surface area contributed by atoms with Gasteiger partial charge in [0.25, 0.3) is 5.91 Å². The zero-order valence-corrected chi connectivity index (χ0v) is 12.6. The van der Waals surface area contributed by atoms with Crippen LogP contribution < -0.4 is 5.32 Å². The van der Waals surface area contributed by atoms with E-state index >= 15 is 0 Å². The quantitative estimate of drug-likeness (QED) is 0.868. The van der Waals surface area contributed by atoms with Crippen LogP contribution >= 0.6 is 11.6 Å². The molecule has 3 rings (SSSR count). The van der Waals surface area contributed by atoms with Gasteiger partial charge in [-0.1, -0.05) is 12.1 Å². The Balaban J connectivity index is 1.70. The largest absolute Gasteiger partial charge is 0.352 e. The van der Waals surface area contributed by atoms with Crippen molar-refractivity contribution in [2.45, 2.75) is 43.6 Å². The Labute approximate surface area is 129 Å². The molecule has 1 saturated carbocycles. The van der Waals surface area contributed by atoms with Crippen LogP contribution in [0.1, 0.15) is 41.6 Å². The van der Waals surface area contributed by atoms with Crippen molar-refractivity contribution in [2.24, 2.45) is 0 Å². The number of nitrogens with one attached hydrogen (secondary N) is 1. The van der Waals surface area contributed by atoms with Gasteiger partial charge in [-0.25, -0.2) is 0 Å². The first-order valence-corrected chi connectivity index (χ1v) is 7.99.